The van der Waals surface area contributed by atoms with Gasteiger partial charge in [-0.3, -0.25) is 0 Å². The van der Waals surface area contributed by atoms with Gasteiger partial charge in [0.25, 0.3) is 0 Å². The molecule has 76 valence electrons. The zero-order chi connectivity index (χ0) is 9.64. The minimum Gasteiger partial charge on any atom is -0.383 e. The topological polar surface area (TPSA) is 29.5 Å². The van der Waals surface area contributed by atoms with Crippen LogP contribution in [0.4, 0.5) is 13.2 Å². The number of halogens is 3. The Hall–Kier alpha value is -0.290. The molecule has 2 bridgehead atoms. The third-order valence-corrected chi connectivity index (χ3v) is 2.89. The van der Waals surface area contributed by atoms with E-state index in [1.165, 1.54) is 0 Å². The highest BCUT2D eigenvalue weighted by Crippen LogP contribution is 2.43. The summed E-state index contributed by atoms with van der Waals surface area (Å²) in [5.41, 5.74) is 0. The van der Waals surface area contributed by atoms with Gasteiger partial charge in [0.2, 0.25) is 0 Å². The fourth-order valence-corrected chi connectivity index (χ4v) is 2.25. The van der Waals surface area contributed by atoms with E-state index in [2.05, 4.69) is 0 Å². The quantitative estimate of drug-likeness (QED) is 0.688. The van der Waals surface area contributed by atoms with Gasteiger partial charge >= 0.3 is 6.18 Å². The van der Waals surface area contributed by atoms with Crippen molar-refractivity contribution in [3.63, 3.8) is 0 Å². The lowest BCUT2D eigenvalue weighted by Crippen LogP contribution is -2.40. The smallest absolute Gasteiger partial charge is 0.383 e. The second kappa shape index (κ2) is 2.85. The van der Waals surface area contributed by atoms with Crippen molar-refractivity contribution in [3.8, 4) is 0 Å². The van der Waals surface area contributed by atoms with Crippen LogP contribution in [0.15, 0.2) is 0 Å². The maximum atomic E-state index is 12.1. The number of rotatable bonds is 1. The van der Waals surface area contributed by atoms with E-state index in [9.17, 15) is 13.2 Å². The van der Waals surface area contributed by atoms with Crippen LogP contribution in [0.2, 0.25) is 0 Å². The SMILES string of the molecule is O[C@@H](C1CC2CCC1O2)C(F)(F)F. The number of alkyl halides is 3. The van der Waals surface area contributed by atoms with Gasteiger partial charge in [-0.1, -0.05) is 0 Å². The summed E-state index contributed by atoms with van der Waals surface area (Å²) in [6.45, 7) is 0. The predicted molar refractivity (Wildman–Crippen MR) is 38.1 cm³/mol. The highest BCUT2D eigenvalue weighted by Gasteiger charge is 2.52. The molecule has 0 aromatic heterocycles. The van der Waals surface area contributed by atoms with Gasteiger partial charge in [-0.05, 0) is 19.3 Å². The first kappa shape index (κ1) is 9.27. The van der Waals surface area contributed by atoms with Crippen LogP contribution in [0.25, 0.3) is 0 Å². The fraction of sp³-hybridized carbons (Fsp3) is 1.00. The molecule has 13 heavy (non-hydrogen) atoms. The maximum Gasteiger partial charge on any atom is 0.414 e. The van der Waals surface area contributed by atoms with Crippen molar-refractivity contribution in [3.05, 3.63) is 0 Å². The van der Waals surface area contributed by atoms with E-state index in [0.29, 0.717) is 12.8 Å². The van der Waals surface area contributed by atoms with E-state index >= 15 is 0 Å². The molecule has 2 nitrogen and oxygen atoms in total. The van der Waals surface area contributed by atoms with Crippen LogP contribution in [-0.4, -0.2) is 29.6 Å². The van der Waals surface area contributed by atoms with Crippen LogP contribution in [-0.2, 0) is 4.74 Å². The summed E-state index contributed by atoms with van der Waals surface area (Å²) in [7, 11) is 0. The number of fused-ring (bicyclic) bond motifs is 2. The highest BCUT2D eigenvalue weighted by molar-refractivity contribution is 4.94. The Balaban J connectivity index is 2.02. The number of aliphatic hydroxyl groups excluding tert-OH is 1. The molecule has 0 aromatic rings. The Bertz CT molecular complexity index is 204. The molecular formula is C8H11F3O2. The maximum absolute atomic E-state index is 12.1. The zero-order valence-electron chi connectivity index (χ0n) is 6.92. The van der Waals surface area contributed by atoms with E-state index in [0.717, 1.165) is 6.42 Å². The molecule has 2 rings (SSSR count). The summed E-state index contributed by atoms with van der Waals surface area (Å²) in [6, 6.07) is 0. The second-order valence-electron chi connectivity index (χ2n) is 3.76. The first-order valence-corrected chi connectivity index (χ1v) is 4.38. The van der Waals surface area contributed by atoms with Gasteiger partial charge in [0.05, 0.1) is 12.2 Å². The third-order valence-electron chi connectivity index (χ3n) is 2.89. The average molecular weight is 196 g/mol. The van der Waals surface area contributed by atoms with Crippen molar-refractivity contribution < 1.29 is 23.0 Å². The van der Waals surface area contributed by atoms with Gasteiger partial charge < -0.3 is 9.84 Å². The number of ether oxygens (including phenoxy) is 1. The van der Waals surface area contributed by atoms with Gasteiger partial charge in [-0.2, -0.15) is 13.2 Å². The Morgan fingerprint density at radius 3 is 2.38 bits per heavy atom. The normalized spacial score (nSPS) is 41.1. The standard InChI is InChI=1S/C8H11F3O2/c9-8(10,11)7(12)5-3-4-1-2-6(5)13-4/h4-7,12H,1-3H2/t4?,5?,6?,7-/m0/s1. The molecule has 0 aliphatic carbocycles. The largest absolute Gasteiger partial charge is 0.414 e. The van der Waals surface area contributed by atoms with Crippen LogP contribution in [0.3, 0.4) is 0 Å². The van der Waals surface area contributed by atoms with E-state index < -0.39 is 18.2 Å². The molecule has 3 unspecified atom stereocenters. The summed E-state index contributed by atoms with van der Waals surface area (Å²) in [4.78, 5) is 0. The summed E-state index contributed by atoms with van der Waals surface area (Å²) >= 11 is 0. The van der Waals surface area contributed by atoms with Crippen LogP contribution in [0.1, 0.15) is 19.3 Å². The molecule has 4 atom stereocenters. The molecule has 0 saturated carbocycles. The van der Waals surface area contributed by atoms with Gasteiger partial charge in [-0.25, -0.2) is 0 Å². The molecule has 0 amide bonds. The van der Waals surface area contributed by atoms with Gasteiger partial charge in [0, 0.05) is 5.92 Å². The van der Waals surface area contributed by atoms with Crippen LogP contribution >= 0.6 is 0 Å². The predicted octanol–water partition coefficient (Wildman–Crippen LogP) is 1.48. The van der Waals surface area contributed by atoms with E-state index in [1.807, 2.05) is 0 Å². The van der Waals surface area contributed by atoms with Crippen molar-refractivity contribution in [2.75, 3.05) is 0 Å². The Morgan fingerprint density at radius 1 is 1.31 bits per heavy atom. The highest BCUT2D eigenvalue weighted by atomic mass is 19.4. The second-order valence-corrected chi connectivity index (χ2v) is 3.76. The Morgan fingerprint density at radius 2 is 2.00 bits per heavy atom. The van der Waals surface area contributed by atoms with Crippen molar-refractivity contribution in [2.24, 2.45) is 5.92 Å². The molecule has 2 fully saturated rings. The first-order valence-electron chi connectivity index (χ1n) is 4.38. The molecule has 2 heterocycles. The first-order chi connectivity index (χ1) is 5.98. The molecule has 2 aliphatic rings. The lowest BCUT2D eigenvalue weighted by Gasteiger charge is -2.25. The molecule has 0 radical (unpaired) electrons. The molecule has 0 spiro atoms. The van der Waals surface area contributed by atoms with Crippen LogP contribution < -0.4 is 0 Å². The Labute approximate surface area is 73.7 Å². The lowest BCUT2D eigenvalue weighted by atomic mass is 9.85. The average Bonchev–Trinajstić information content (AvgIpc) is 2.60. The fourth-order valence-electron chi connectivity index (χ4n) is 2.25. The lowest BCUT2D eigenvalue weighted by molar-refractivity contribution is -0.223. The molecule has 0 aromatic carbocycles. The monoisotopic (exact) mass is 196 g/mol. The summed E-state index contributed by atoms with van der Waals surface area (Å²) in [5, 5.41) is 9.00. The zero-order valence-corrected chi connectivity index (χ0v) is 6.92. The third kappa shape index (κ3) is 1.55. The van der Waals surface area contributed by atoms with Gasteiger partial charge in [0.15, 0.2) is 6.10 Å². The molecule has 2 saturated heterocycles. The van der Waals surface area contributed by atoms with Gasteiger partial charge in [0.1, 0.15) is 0 Å². The minimum absolute atomic E-state index is 0.0491. The van der Waals surface area contributed by atoms with Gasteiger partial charge in [-0.15, -0.1) is 0 Å². The van der Waals surface area contributed by atoms with E-state index in [1.54, 1.807) is 0 Å². The Kier molecular flexibility index (Phi) is 2.03. The van der Waals surface area contributed by atoms with E-state index in [-0.39, 0.29) is 12.2 Å². The van der Waals surface area contributed by atoms with Crippen molar-refractivity contribution >= 4 is 0 Å². The minimum atomic E-state index is -4.50. The van der Waals surface area contributed by atoms with Crippen LogP contribution in [0, 0.1) is 5.92 Å². The summed E-state index contributed by atoms with van der Waals surface area (Å²) in [5.74, 6) is -0.737. The number of hydrogen-bond donors (Lipinski definition) is 1. The molecule has 2 aliphatic heterocycles. The van der Waals surface area contributed by atoms with Crippen molar-refractivity contribution in [1.82, 2.24) is 0 Å². The van der Waals surface area contributed by atoms with E-state index in [4.69, 9.17) is 9.84 Å². The number of aliphatic hydroxyl groups is 1. The molecule has 5 heteroatoms. The summed E-state index contributed by atoms with van der Waals surface area (Å²) in [6.07, 6.45) is -5.28. The molecular weight excluding hydrogens is 185 g/mol. The van der Waals surface area contributed by atoms with Crippen molar-refractivity contribution in [2.45, 2.75) is 43.8 Å². The summed E-state index contributed by atoms with van der Waals surface area (Å²) < 4.78 is 41.6. The molecule has 1 N–H and O–H groups in total. The van der Waals surface area contributed by atoms with Crippen molar-refractivity contribution in [1.29, 1.82) is 0 Å². The number of hydrogen-bond acceptors (Lipinski definition) is 2. The van der Waals surface area contributed by atoms with Crippen LogP contribution in [0.5, 0.6) is 0 Å².